The van der Waals surface area contributed by atoms with Gasteiger partial charge in [-0.05, 0) is 37.1 Å². The van der Waals surface area contributed by atoms with E-state index >= 15 is 0 Å². The van der Waals surface area contributed by atoms with Crippen molar-refractivity contribution >= 4 is 11.8 Å². The molecule has 1 unspecified atom stereocenters. The zero-order valence-electron chi connectivity index (χ0n) is 17.8. The van der Waals surface area contributed by atoms with Gasteiger partial charge in [0.2, 0.25) is 5.91 Å². The van der Waals surface area contributed by atoms with Crippen molar-refractivity contribution in [3.05, 3.63) is 54.1 Å². The Morgan fingerprint density at radius 1 is 1.09 bits per heavy atom. The van der Waals surface area contributed by atoms with Gasteiger partial charge in [-0.15, -0.1) is 0 Å². The summed E-state index contributed by atoms with van der Waals surface area (Å²) in [4.78, 5) is 27.0. The van der Waals surface area contributed by atoms with Crippen molar-refractivity contribution in [1.29, 1.82) is 0 Å². The van der Waals surface area contributed by atoms with Gasteiger partial charge in [0, 0.05) is 13.1 Å². The molecule has 1 N–H and O–H groups in total. The number of hydrogen-bond donors (Lipinski definition) is 1. The number of benzene rings is 2. The quantitative estimate of drug-likeness (QED) is 0.596. The highest BCUT2D eigenvalue weighted by molar-refractivity contribution is 5.97. The van der Waals surface area contributed by atoms with Crippen LogP contribution in [0.15, 0.2) is 48.5 Å². The molecule has 9 heteroatoms. The van der Waals surface area contributed by atoms with Gasteiger partial charge in [-0.2, -0.15) is 8.78 Å². The Morgan fingerprint density at radius 3 is 2.50 bits per heavy atom. The van der Waals surface area contributed by atoms with Crippen LogP contribution in [0.4, 0.5) is 8.78 Å². The maximum atomic E-state index is 12.9. The van der Waals surface area contributed by atoms with Crippen molar-refractivity contribution in [2.24, 2.45) is 5.92 Å². The minimum absolute atomic E-state index is 0.0547. The molecule has 172 valence electrons. The van der Waals surface area contributed by atoms with E-state index in [1.54, 1.807) is 25.3 Å². The Balaban J connectivity index is 1.52. The standard InChI is InChI=1S/C23H26F2N2O5/c1-30-19-10-4-5-11-20(19)31-14-12-26-21(28)16-7-6-13-27(15-16)22(29)17-8-2-3-9-18(17)32-23(24)25/h2-5,8-11,16,23H,6-7,12-15H2,1H3,(H,26,28). The third-order valence-electron chi connectivity index (χ3n) is 5.14. The Kier molecular flexibility index (Phi) is 8.24. The average Bonchev–Trinajstić information content (AvgIpc) is 2.81. The van der Waals surface area contributed by atoms with Gasteiger partial charge < -0.3 is 24.4 Å². The molecule has 3 rings (SSSR count). The van der Waals surface area contributed by atoms with E-state index in [-0.39, 0.29) is 36.3 Å². The number of carbonyl (C=O) groups excluding carboxylic acids is 2. The maximum Gasteiger partial charge on any atom is 0.387 e. The molecule has 2 amide bonds. The highest BCUT2D eigenvalue weighted by atomic mass is 19.3. The third-order valence-corrected chi connectivity index (χ3v) is 5.14. The number of methoxy groups -OCH3 is 1. The second-order valence-electron chi connectivity index (χ2n) is 7.26. The van der Waals surface area contributed by atoms with E-state index in [0.29, 0.717) is 37.4 Å². The summed E-state index contributed by atoms with van der Waals surface area (Å²) in [5, 5.41) is 2.83. The Hall–Kier alpha value is -3.36. The third kappa shape index (κ3) is 6.09. The molecule has 0 spiro atoms. The predicted octanol–water partition coefficient (Wildman–Crippen LogP) is 3.34. The molecule has 0 aliphatic carbocycles. The first-order chi connectivity index (χ1) is 15.5. The number of carbonyl (C=O) groups is 2. The molecule has 0 aromatic heterocycles. The average molecular weight is 448 g/mol. The molecule has 2 aromatic carbocycles. The number of para-hydroxylation sites is 3. The lowest BCUT2D eigenvalue weighted by Crippen LogP contribution is -2.46. The van der Waals surface area contributed by atoms with Crippen molar-refractivity contribution in [2.45, 2.75) is 19.5 Å². The normalized spacial score (nSPS) is 15.9. The van der Waals surface area contributed by atoms with Crippen LogP contribution in [-0.2, 0) is 4.79 Å². The van der Waals surface area contributed by atoms with Gasteiger partial charge in [0.05, 0.1) is 25.1 Å². The molecule has 7 nitrogen and oxygen atoms in total. The molecule has 0 bridgehead atoms. The summed E-state index contributed by atoms with van der Waals surface area (Å²) in [5.41, 5.74) is 0.0547. The van der Waals surface area contributed by atoms with Gasteiger partial charge in [0.15, 0.2) is 11.5 Å². The van der Waals surface area contributed by atoms with E-state index in [4.69, 9.17) is 9.47 Å². The molecule has 1 heterocycles. The number of hydrogen-bond acceptors (Lipinski definition) is 5. The minimum Gasteiger partial charge on any atom is -0.493 e. The van der Waals surface area contributed by atoms with E-state index in [2.05, 4.69) is 10.1 Å². The fraction of sp³-hybridized carbons (Fsp3) is 0.391. The molecule has 0 saturated carbocycles. The lowest BCUT2D eigenvalue weighted by Gasteiger charge is -2.32. The SMILES string of the molecule is COc1ccccc1OCCNC(=O)C1CCCN(C(=O)c2ccccc2OC(F)F)C1. The van der Waals surface area contributed by atoms with Gasteiger partial charge in [-0.3, -0.25) is 9.59 Å². The molecule has 1 saturated heterocycles. The highest BCUT2D eigenvalue weighted by Crippen LogP contribution is 2.26. The van der Waals surface area contributed by atoms with Crippen molar-refractivity contribution in [2.75, 3.05) is 33.4 Å². The first-order valence-electron chi connectivity index (χ1n) is 10.4. The van der Waals surface area contributed by atoms with Crippen LogP contribution in [0, 0.1) is 5.92 Å². The number of rotatable bonds is 9. The van der Waals surface area contributed by atoms with Gasteiger partial charge >= 0.3 is 6.61 Å². The first-order valence-corrected chi connectivity index (χ1v) is 10.4. The van der Waals surface area contributed by atoms with Crippen LogP contribution in [0.25, 0.3) is 0 Å². The van der Waals surface area contributed by atoms with E-state index in [1.165, 1.54) is 23.1 Å². The maximum absolute atomic E-state index is 12.9. The van der Waals surface area contributed by atoms with Crippen LogP contribution < -0.4 is 19.5 Å². The lowest BCUT2D eigenvalue weighted by molar-refractivity contribution is -0.126. The summed E-state index contributed by atoms with van der Waals surface area (Å²) in [7, 11) is 1.55. The van der Waals surface area contributed by atoms with Crippen LogP contribution in [0.1, 0.15) is 23.2 Å². The van der Waals surface area contributed by atoms with E-state index in [0.717, 1.165) is 0 Å². The smallest absolute Gasteiger partial charge is 0.387 e. The van der Waals surface area contributed by atoms with Crippen molar-refractivity contribution in [3.8, 4) is 17.2 Å². The fourth-order valence-electron chi connectivity index (χ4n) is 3.61. The van der Waals surface area contributed by atoms with E-state index in [9.17, 15) is 18.4 Å². The van der Waals surface area contributed by atoms with Gasteiger partial charge in [0.25, 0.3) is 5.91 Å². The van der Waals surface area contributed by atoms with Crippen LogP contribution in [0.3, 0.4) is 0 Å². The summed E-state index contributed by atoms with van der Waals surface area (Å²) >= 11 is 0. The van der Waals surface area contributed by atoms with Gasteiger partial charge in [-0.25, -0.2) is 0 Å². The summed E-state index contributed by atoms with van der Waals surface area (Å²) in [5.74, 6) is 0.0240. The van der Waals surface area contributed by atoms with Crippen LogP contribution >= 0.6 is 0 Å². The first kappa shape index (κ1) is 23.3. The van der Waals surface area contributed by atoms with Crippen LogP contribution in [0.2, 0.25) is 0 Å². The number of ether oxygens (including phenoxy) is 3. The number of halogens is 2. The Bertz CT molecular complexity index is 925. The lowest BCUT2D eigenvalue weighted by atomic mass is 9.96. The number of likely N-dealkylation sites (tertiary alicyclic amines) is 1. The number of piperidine rings is 1. The predicted molar refractivity (Wildman–Crippen MR) is 113 cm³/mol. The van der Waals surface area contributed by atoms with E-state index in [1.807, 2.05) is 12.1 Å². The molecule has 1 aliphatic heterocycles. The van der Waals surface area contributed by atoms with Crippen molar-refractivity contribution in [1.82, 2.24) is 10.2 Å². The summed E-state index contributed by atoms with van der Waals surface area (Å²) < 4.78 is 40.6. The van der Waals surface area contributed by atoms with E-state index < -0.39 is 12.5 Å². The highest BCUT2D eigenvalue weighted by Gasteiger charge is 2.30. The zero-order valence-corrected chi connectivity index (χ0v) is 17.8. The molecular formula is C23H26F2N2O5. The summed E-state index contributed by atoms with van der Waals surface area (Å²) in [6, 6.07) is 13.1. The summed E-state index contributed by atoms with van der Waals surface area (Å²) in [6.07, 6.45) is 1.28. The molecular weight excluding hydrogens is 422 g/mol. The van der Waals surface area contributed by atoms with Crippen molar-refractivity contribution in [3.63, 3.8) is 0 Å². The second-order valence-corrected chi connectivity index (χ2v) is 7.26. The fourth-order valence-corrected chi connectivity index (χ4v) is 3.61. The summed E-state index contributed by atoms with van der Waals surface area (Å²) in [6.45, 7) is -1.81. The van der Waals surface area contributed by atoms with Gasteiger partial charge in [-0.1, -0.05) is 24.3 Å². The number of alkyl halides is 2. The molecule has 32 heavy (non-hydrogen) atoms. The zero-order chi connectivity index (χ0) is 22.9. The largest absolute Gasteiger partial charge is 0.493 e. The van der Waals surface area contributed by atoms with Crippen LogP contribution in [0.5, 0.6) is 17.2 Å². The number of nitrogens with one attached hydrogen (secondary N) is 1. The van der Waals surface area contributed by atoms with Crippen LogP contribution in [-0.4, -0.2) is 56.7 Å². The Labute approximate surface area is 185 Å². The molecule has 2 aromatic rings. The Morgan fingerprint density at radius 2 is 1.78 bits per heavy atom. The van der Waals surface area contributed by atoms with Gasteiger partial charge in [0.1, 0.15) is 12.4 Å². The topological polar surface area (TPSA) is 77.1 Å². The minimum atomic E-state index is -3.03. The molecule has 1 fully saturated rings. The number of amides is 2. The molecule has 0 radical (unpaired) electrons. The van der Waals surface area contributed by atoms with Crippen molar-refractivity contribution < 1.29 is 32.6 Å². The molecule has 1 aliphatic rings. The number of nitrogens with zero attached hydrogens (tertiary/aromatic N) is 1. The molecule has 1 atom stereocenters. The monoisotopic (exact) mass is 448 g/mol. The second kappa shape index (κ2) is 11.3.